The van der Waals surface area contributed by atoms with Crippen LogP contribution in [-0.4, -0.2) is 21.6 Å². The molecule has 106 valence electrons. The highest BCUT2D eigenvalue weighted by Gasteiger charge is 2.09. The second-order valence-electron chi connectivity index (χ2n) is 4.64. The van der Waals surface area contributed by atoms with Crippen LogP contribution in [-0.2, 0) is 11.3 Å². The highest BCUT2D eigenvalue weighted by molar-refractivity contribution is 5.95. The number of fused-ring (bicyclic) bond motifs is 1. The van der Waals surface area contributed by atoms with Crippen molar-refractivity contribution >= 4 is 16.6 Å². The van der Waals surface area contributed by atoms with Gasteiger partial charge in [-0.05, 0) is 12.3 Å². The average molecular weight is 280 g/mol. The lowest BCUT2D eigenvalue weighted by Gasteiger charge is -2.08. The molecule has 2 N–H and O–H groups in total. The van der Waals surface area contributed by atoms with Gasteiger partial charge in [-0.1, -0.05) is 24.3 Å². The molecule has 3 rings (SSSR count). The number of ether oxygens (including phenoxy) is 1. The van der Waals surface area contributed by atoms with E-state index in [4.69, 9.17) is 10.5 Å². The van der Waals surface area contributed by atoms with E-state index < -0.39 is 0 Å². The minimum atomic E-state index is 0.354. The van der Waals surface area contributed by atoms with Crippen molar-refractivity contribution in [3.05, 3.63) is 48.5 Å². The summed E-state index contributed by atoms with van der Waals surface area (Å²) in [5, 5.41) is 2.16. The fourth-order valence-corrected chi connectivity index (χ4v) is 2.23. The van der Waals surface area contributed by atoms with Gasteiger partial charge in [0.1, 0.15) is 12.4 Å². The van der Waals surface area contributed by atoms with Gasteiger partial charge in [0.2, 0.25) is 0 Å². The fraction of sp³-hybridized carbons (Fsp3) is 0.188. The molecule has 0 atom stereocenters. The van der Waals surface area contributed by atoms with Crippen LogP contribution in [0.3, 0.4) is 0 Å². The molecule has 5 nitrogen and oxygen atoms in total. The molecule has 0 fully saturated rings. The van der Waals surface area contributed by atoms with Crippen LogP contribution >= 0.6 is 0 Å². The third-order valence-electron chi connectivity index (χ3n) is 3.17. The quantitative estimate of drug-likeness (QED) is 0.795. The Bertz CT molecular complexity index is 768. The maximum Gasteiger partial charge on any atom is 0.157 e. The molecule has 0 aliphatic carbocycles. The first-order valence-corrected chi connectivity index (χ1v) is 6.82. The standard InChI is InChI=1S/C16H16N4O/c1-2-21-10-16-19-14(7-15(17)20-16)13-9-18-8-11-5-3-4-6-12(11)13/h3-9H,2,10H2,1H3,(H2,17,19,20). The van der Waals surface area contributed by atoms with Gasteiger partial charge in [-0.15, -0.1) is 0 Å². The van der Waals surface area contributed by atoms with Gasteiger partial charge in [0, 0.05) is 36.0 Å². The van der Waals surface area contributed by atoms with E-state index in [9.17, 15) is 0 Å². The number of aromatic nitrogens is 3. The minimum Gasteiger partial charge on any atom is -0.384 e. The Morgan fingerprint density at radius 3 is 2.86 bits per heavy atom. The zero-order valence-corrected chi connectivity index (χ0v) is 11.8. The van der Waals surface area contributed by atoms with Crippen molar-refractivity contribution in [3.63, 3.8) is 0 Å². The molecule has 0 amide bonds. The molecule has 0 radical (unpaired) electrons. The number of hydrogen-bond acceptors (Lipinski definition) is 5. The summed E-state index contributed by atoms with van der Waals surface area (Å²) in [4.78, 5) is 13.0. The lowest BCUT2D eigenvalue weighted by atomic mass is 10.1. The van der Waals surface area contributed by atoms with Crippen LogP contribution in [0.4, 0.5) is 5.82 Å². The predicted molar refractivity (Wildman–Crippen MR) is 82.5 cm³/mol. The second kappa shape index (κ2) is 5.85. The van der Waals surface area contributed by atoms with E-state index in [2.05, 4.69) is 15.0 Å². The lowest BCUT2D eigenvalue weighted by molar-refractivity contribution is 0.128. The van der Waals surface area contributed by atoms with Crippen molar-refractivity contribution in [2.75, 3.05) is 12.3 Å². The summed E-state index contributed by atoms with van der Waals surface area (Å²) in [6.07, 6.45) is 3.64. The zero-order chi connectivity index (χ0) is 14.7. The summed E-state index contributed by atoms with van der Waals surface area (Å²) in [5.74, 6) is 1.02. The van der Waals surface area contributed by atoms with Gasteiger partial charge in [0.25, 0.3) is 0 Å². The third kappa shape index (κ3) is 2.83. The molecule has 3 aromatic rings. The Kier molecular flexibility index (Phi) is 3.75. The monoisotopic (exact) mass is 280 g/mol. The van der Waals surface area contributed by atoms with E-state index in [1.165, 1.54) is 0 Å². The molecule has 1 aromatic carbocycles. The number of pyridine rings is 1. The molecule has 0 bridgehead atoms. The molecular weight excluding hydrogens is 264 g/mol. The molecule has 0 aliphatic rings. The summed E-state index contributed by atoms with van der Waals surface area (Å²) < 4.78 is 5.36. The Morgan fingerprint density at radius 2 is 2.00 bits per heavy atom. The number of hydrogen-bond donors (Lipinski definition) is 1. The van der Waals surface area contributed by atoms with Crippen LogP contribution in [0.2, 0.25) is 0 Å². The maximum atomic E-state index is 5.89. The van der Waals surface area contributed by atoms with Gasteiger partial charge in [-0.3, -0.25) is 4.98 Å². The summed E-state index contributed by atoms with van der Waals surface area (Å²) in [6, 6.07) is 9.82. The molecule has 0 unspecified atom stereocenters. The van der Waals surface area contributed by atoms with Gasteiger partial charge in [-0.25, -0.2) is 9.97 Å². The lowest BCUT2D eigenvalue weighted by Crippen LogP contribution is -2.03. The van der Waals surface area contributed by atoms with E-state index >= 15 is 0 Å². The zero-order valence-electron chi connectivity index (χ0n) is 11.8. The Hall–Kier alpha value is -2.53. The van der Waals surface area contributed by atoms with Crippen LogP contribution < -0.4 is 5.73 Å². The van der Waals surface area contributed by atoms with Crippen LogP contribution in [0.1, 0.15) is 12.7 Å². The Balaban J connectivity index is 2.12. The Labute approximate surface area is 122 Å². The van der Waals surface area contributed by atoms with Gasteiger partial charge in [0.15, 0.2) is 5.82 Å². The second-order valence-corrected chi connectivity index (χ2v) is 4.64. The molecule has 2 heterocycles. The van der Waals surface area contributed by atoms with E-state index in [-0.39, 0.29) is 0 Å². The first-order chi connectivity index (χ1) is 10.3. The van der Waals surface area contributed by atoms with Gasteiger partial charge >= 0.3 is 0 Å². The first-order valence-electron chi connectivity index (χ1n) is 6.82. The topological polar surface area (TPSA) is 73.9 Å². The minimum absolute atomic E-state index is 0.354. The van der Waals surface area contributed by atoms with Crippen molar-refractivity contribution in [1.82, 2.24) is 15.0 Å². The fourth-order valence-electron chi connectivity index (χ4n) is 2.23. The Morgan fingerprint density at radius 1 is 1.14 bits per heavy atom. The highest BCUT2D eigenvalue weighted by atomic mass is 16.5. The van der Waals surface area contributed by atoms with E-state index in [0.717, 1.165) is 22.0 Å². The summed E-state index contributed by atoms with van der Waals surface area (Å²) in [7, 11) is 0. The number of rotatable bonds is 4. The predicted octanol–water partition coefficient (Wildman–Crippen LogP) is 2.81. The summed E-state index contributed by atoms with van der Waals surface area (Å²) >= 11 is 0. The molecule has 0 aliphatic heterocycles. The SMILES string of the molecule is CCOCc1nc(N)cc(-c2cncc3ccccc23)n1. The van der Waals surface area contributed by atoms with Gasteiger partial charge < -0.3 is 10.5 Å². The van der Waals surface area contributed by atoms with Crippen LogP contribution in [0.5, 0.6) is 0 Å². The van der Waals surface area contributed by atoms with Gasteiger partial charge in [0.05, 0.1) is 5.69 Å². The summed E-state index contributed by atoms with van der Waals surface area (Å²) in [5.41, 5.74) is 7.60. The number of nitrogen functional groups attached to an aromatic ring is 1. The number of anilines is 1. The van der Waals surface area contributed by atoms with Crippen molar-refractivity contribution < 1.29 is 4.74 Å². The van der Waals surface area contributed by atoms with Crippen molar-refractivity contribution in [1.29, 1.82) is 0 Å². The molecule has 0 saturated heterocycles. The number of benzene rings is 1. The third-order valence-corrected chi connectivity index (χ3v) is 3.17. The average Bonchev–Trinajstić information content (AvgIpc) is 2.52. The van der Waals surface area contributed by atoms with E-state index in [0.29, 0.717) is 24.9 Å². The van der Waals surface area contributed by atoms with Crippen molar-refractivity contribution in [3.8, 4) is 11.3 Å². The van der Waals surface area contributed by atoms with Crippen molar-refractivity contribution in [2.24, 2.45) is 0 Å². The summed E-state index contributed by atoms with van der Waals surface area (Å²) in [6.45, 7) is 2.90. The first kappa shape index (κ1) is 13.5. The molecule has 0 saturated carbocycles. The maximum absolute atomic E-state index is 5.89. The van der Waals surface area contributed by atoms with Crippen LogP contribution in [0.25, 0.3) is 22.0 Å². The molecule has 2 aromatic heterocycles. The van der Waals surface area contributed by atoms with Gasteiger partial charge in [-0.2, -0.15) is 0 Å². The molecule has 21 heavy (non-hydrogen) atoms. The molecule has 0 spiro atoms. The molecule has 5 heteroatoms. The highest BCUT2D eigenvalue weighted by Crippen LogP contribution is 2.27. The van der Waals surface area contributed by atoms with Crippen LogP contribution in [0.15, 0.2) is 42.7 Å². The number of nitrogens with zero attached hydrogens (tertiary/aromatic N) is 3. The van der Waals surface area contributed by atoms with Crippen molar-refractivity contribution in [2.45, 2.75) is 13.5 Å². The largest absolute Gasteiger partial charge is 0.384 e. The van der Waals surface area contributed by atoms with E-state index in [1.807, 2.05) is 37.4 Å². The smallest absolute Gasteiger partial charge is 0.157 e. The van der Waals surface area contributed by atoms with Crippen LogP contribution in [0, 0.1) is 0 Å². The molecular formula is C16H16N4O. The normalized spacial score (nSPS) is 10.9. The van der Waals surface area contributed by atoms with E-state index in [1.54, 1.807) is 12.3 Å². The number of nitrogens with two attached hydrogens (primary N) is 1.